The second-order valence-corrected chi connectivity index (χ2v) is 13.7. The molecule has 2 aliphatic rings. The number of benzene rings is 1. The van der Waals surface area contributed by atoms with Crippen molar-refractivity contribution in [2.45, 2.75) is 78.7 Å². The van der Waals surface area contributed by atoms with Gasteiger partial charge in [0.05, 0.1) is 43.3 Å². The van der Waals surface area contributed by atoms with E-state index in [2.05, 4.69) is 55.6 Å². The average Bonchev–Trinajstić information content (AvgIpc) is 3.84. The minimum atomic E-state index is -0.496. The molecule has 10 nitrogen and oxygen atoms in total. The van der Waals surface area contributed by atoms with Gasteiger partial charge >= 0.3 is 11.9 Å². The van der Waals surface area contributed by atoms with E-state index in [9.17, 15) is 14.4 Å². The number of aryl methyl sites for hydroxylation is 3. The number of rotatable bonds is 10. The zero-order chi connectivity index (χ0) is 38.0. The summed E-state index contributed by atoms with van der Waals surface area (Å²) < 4.78 is 10.2. The van der Waals surface area contributed by atoms with Crippen LogP contribution >= 0.6 is 0 Å². The van der Waals surface area contributed by atoms with E-state index in [1.165, 1.54) is 14.2 Å². The Morgan fingerprint density at radius 3 is 2.26 bits per heavy atom. The molecule has 6 rings (SSSR count). The largest absolute Gasteiger partial charge is 0.469 e. The van der Waals surface area contributed by atoms with Crippen molar-refractivity contribution < 1.29 is 23.9 Å². The van der Waals surface area contributed by atoms with Crippen molar-refractivity contribution >= 4 is 57.1 Å². The first-order valence-corrected chi connectivity index (χ1v) is 18.0. The van der Waals surface area contributed by atoms with Crippen molar-refractivity contribution in [3.63, 3.8) is 0 Å². The van der Waals surface area contributed by atoms with Crippen LogP contribution in [0.3, 0.4) is 0 Å². The normalized spacial score (nSPS) is 15.3. The Labute approximate surface area is 309 Å². The van der Waals surface area contributed by atoms with Crippen LogP contribution in [0.15, 0.2) is 55.1 Å². The van der Waals surface area contributed by atoms with Crippen LogP contribution in [0.5, 0.6) is 0 Å². The Morgan fingerprint density at radius 2 is 1.58 bits per heavy atom. The molecule has 0 unspecified atom stereocenters. The number of esters is 2. The molecule has 0 radical (unpaired) electrons. The first kappa shape index (κ1) is 37.0. The second-order valence-electron chi connectivity index (χ2n) is 13.7. The van der Waals surface area contributed by atoms with E-state index >= 15 is 0 Å². The highest BCUT2D eigenvalue weighted by molar-refractivity contribution is 6.27. The molecule has 53 heavy (non-hydrogen) atoms. The number of nitrogens with zero attached hydrogens (tertiary/aromatic N) is 2. The van der Waals surface area contributed by atoms with Crippen LogP contribution in [0, 0.1) is 13.8 Å². The Balaban J connectivity index is 1.74. The lowest BCUT2D eigenvalue weighted by molar-refractivity contribution is -0.141. The topological polar surface area (TPSA) is 139 Å². The van der Waals surface area contributed by atoms with E-state index in [-0.39, 0.29) is 36.6 Å². The number of fused-ring (bicyclic) bond motifs is 8. The van der Waals surface area contributed by atoms with Gasteiger partial charge in [-0.3, -0.25) is 19.4 Å². The molecule has 2 atom stereocenters. The van der Waals surface area contributed by atoms with Gasteiger partial charge < -0.3 is 24.8 Å². The van der Waals surface area contributed by atoms with Gasteiger partial charge in [0, 0.05) is 63.7 Å². The Bertz CT molecular complexity index is 2310. The maximum Gasteiger partial charge on any atom is 0.310 e. The summed E-state index contributed by atoms with van der Waals surface area (Å²) in [5.74, 6) is -1.60. The SMILES string of the molecule is C=Cc1c(C)c2cc3nc(c(CC(=O)OC)c4nc(cc5[nH]c(cc1[nH]2)c(C)c5CC)C(C)=C4C(=O)NCc1ccccc1)[C@@H](CCC(=O)OC)[C@@H]3C. The maximum atomic E-state index is 14.3. The fourth-order valence-corrected chi connectivity index (χ4v) is 7.57. The number of carbonyl (C=O) groups excluding carboxylic acids is 3. The van der Waals surface area contributed by atoms with E-state index in [1.54, 1.807) is 0 Å². The molecule has 1 amide bonds. The highest BCUT2D eigenvalue weighted by atomic mass is 16.5. The molecule has 0 fully saturated rings. The summed E-state index contributed by atoms with van der Waals surface area (Å²) in [7, 11) is 2.71. The van der Waals surface area contributed by atoms with Gasteiger partial charge in [-0.2, -0.15) is 0 Å². The number of ether oxygens (including phenoxy) is 2. The van der Waals surface area contributed by atoms with Crippen LogP contribution in [-0.4, -0.2) is 52.0 Å². The van der Waals surface area contributed by atoms with E-state index in [4.69, 9.17) is 19.4 Å². The van der Waals surface area contributed by atoms with Gasteiger partial charge in [0.15, 0.2) is 0 Å². The summed E-state index contributed by atoms with van der Waals surface area (Å²) in [6.45, 7) is 14.6. The van der Waals surface area contributed by atoms with Crippen molar-refractivity contribution in [1.82, 2.24) is 25.3 Å². The van der Waals surface area contributed by atoms with Crippen LogP contribution in [0.25, 0.3) is 39.3 Å². The standard InChI is InChI=1S/C43H47N5O5/c1-9-28-23(3)32-19-34-25(5)30(16-17-38(49)52-7)41(47-34)31(18-39(50)53-8)42-40(43(51)44-22-27-14-12-11-13-15-27)26(6)35(48-42)21-37-29(10-2)24(4)33(46-37)20-36(28)45-32/h9,11-15,19-21,25,30,45-46H,1,10,16-18,22H2,2-8H3,(H,44,51)/t25-,30-/m0/s1. The number of H-pyrrole nitrogens is 2. The third-order valence-corrected chi connectivity index (χ3v) is 10.7. The number of nitrogens with one attached hydrogen (secondary N) is 3. The van der Waals surface area contributed by atoms with Crippen molar-refractivity contribution in [3.8, 4) is 0 Å². The quantitative estimate of drug-likeness (QED) is 0.142. The van der Waals surface area contributed by atoms with Crippen LogP contribution in [0.4, 0.5) is 0 Å². The average molecular weight is 714 g/mol. The minimum Gasteiger partial charge on any atom is -0.469 e. The number of aromatic amines is 2. The molecule has 2 aliphatic heterocycles. The molecule has 0 saturated carbocycles. The van der Waals surface area contributed by atoms with Crippen LogP contribution in [0.2, 0.25) is 0 Å². The second kappa shape index (κ2) is 15.5. The lowest BCUT2D eigenvalue weighted by Gasteiger charge is -2.18. The van der Waals surface area contributed by atoms with Gasteiger partial charge in [-0.25, -0.2) is 4.98 Å². The summed E-state index contributed by atoms with van der Waals surface area (Å²) in [6, 6.07) is 15.8. The third kappa shape index (κ3) is 7.18. The lowest BCUT2D eigenvalue weighted by atomic mass is 9.84. The van der Waals surface area contributed by atoms with Gasteiger partial charge in [-0.05, 0) is 79.6 Å². The molecule has 3 N–H and O–H groups in total. The first-order chi connectivity index (χ1) is 25.5. The molecule has 0 spiro atoms. The van der Waals surface area contributed by atoms with E-state index in [0.29, 0.717) is 46.8 Å². The Kier molecular flexibility index (Phi) is 10.8. The van der Waals surface area contributed by atoms with Crippen molar-refractivity contribution in [1.29, 1.82) is 0 Å². The number of carbonyl (C=O) groups is 3. The van der Waals surface area contributed by atoms with Gasteiger partial charge in [-0.15, -0.1) is 0 Å². The third-order valence-electron chi connectivity index (χ3n) is 10.7. The summed E-state index contributed by atoms with van der Waals surface area (Å²) in [6.07, 6.45) is 3.01. The first-order valence-electron chi connectivity index (χ1n) is 18.0. The van der Waals surface area contributed by atoms with Crippen LogP contribution in [-0.2, 0) is 43.2 Å². The summed E-state index contributed by atoms with van der Waals surface area (Å²) in [5, 5.41) is 3.09. The minimum absolute atomic E-state index is 0.148. The summed E-state index contributed by atoms with van der Waals surface area (Å²) >= 11 is 0. The fraction of sp³-hybridized carbons (Fsp3) is 0.326. The molecule has 0 saturated heterocycles. The molecule has 8 bridgehead atoms. The zero-order valence-corrected chi connectivity index (χ0v) is 31.5. The molecule has 1 aromatic carbocycles. The highest BCUT2D eigenvalue weighted by Gasteiger charge is 2.35. The fourth-order valence-electron chi connectivity index (χ4n) is 7.57. The van der Waals surface area contributed by atoms with Gasteiger partial charge in [0.1, 0.15) is 0 Å². The Hall–Kier alpha value is -5.77. The number of hydrogen-bond donors (Lipinski definition) is 3. The number of methoxy groups -OCH3 is 2. The van der Waals surface area contributed by atoms with E-state index < -0.39 is 5.97 Å². The van der Waals surface area contributed by atoms with Gasteiger partial charge in [0.25, 0.3) is 5.91 Å². The molecule has 5 heterocycles. The molecular formula is C43H47N5O5. The monoisotopic (exact) mass is 713 g/mol. The number of amides is 1. The van der Waals surface area contributed by atoms with E-state index in [1.807, 2.05) is 55.5 Å². The molecule has 10 heteroatoms. The molecule has 0 aliphatic carbocycles. The predicted octanol–water partition coefficient (Wildman–Crippen LogP) is 7.94. The van der Waals surface area contributed by atoms with Crippen LogP contribution < -0.4 is 5.32 Å². The van der Waals surface area contributed by atoms with Crippen molar-refractivity contribution in [3.05, 3.63) is 111 Å². The van der Waals surface area contributed by atoms with Crippen molar-refractivity contribution in [2.75, 3.05) is 14.2 Å². The number of allylic oxidation sites excluding steroid dienone is 1. The predicted molar refractivity (Wildman–Crippen MR) is 209 cm³/mol. The van der Waals surface area contributed by atoms with Gasteiger partial charge in [0.2, 0.25) is 0 Å². The number of hydrogen-bond acceptors (Lipinski definition) is 7. The lowest BCUT2D eigenvalue weighted by Crippen LogP contribution is -2.25. The molecular weight excluding hydrogens is 667 g/mol. The van der Waals surface area contributed by atoms with Crippen LogP contribution in [0.1, 0.15) is 102 Å². The molecule has 4 aromatic rings. The smallest absolute Gasteiger partial charge is 0.310 e. The zero-order valence-electron chi connectivity index (χ0n) is 31.5. The van der Waals surface area contributed by atoms with Gasteiger partial charge in [-0.1, -0.05) is 56.8 Å². The highest BCUT2D eigenvalue weighted by Crippen LogP contribution is 2.44. The summed E-state index contributed by atoms with van der Waals surface area (Å²) in [5.41, 5.74) is 12.7. The maximum absolute atomic E-state index is 14.3. The summed E-state index contributed by atoms with van der Waals surface area (Å²) in [4.78, 5) is 57.7. The van der Waals surface area contributed by atoms with Crippen molar-refractivity contribution in [2.24, 2.45) is 0 Å². The molecule has 3 aromatic heterocycles. The van der Waals surface area contributed by atoms with E-state index in [0.717, 1.165) is 62.0 Å². The molecule has 274 valence electrons. The Morgan fingerprint density at radius 1 is 0.887 bits per heavy atom. The number of aromatic nitrogens is 4.